The van der Waals surface area contributed by atoms with E-state index in [1.165, 1.54) is 0 Å². The Morgan fingerprint density at radius 2 is 2.11 bits per heavy atom. The second-order valence-electron chi connectivity index (χ2n) is 2.82. The lowest BCUT2D eigenvalue weighted by atomic mass is 10.1. The maximum atomic E-state index is 5.59. The van der Waals surface area contributed by atoms with Crippen LogP contribution < -0.4 is 0 Å². The first kappa shape index (κ1) is 7.10. The van der Waals surface area contributed by atoms with E-state index in [2.05, 4.69) is 18.9 Å². The monoisotopic (exact) mass is 124 g/mol. The molecule has 1 heterocycles. The van der Waals surface area contributed by atoms with Crippen molar-refractivity contribution in [1.29, 1.82) is 0 Å². The van der Waals surface area contributed by atoms with E-state index in [1.807, 2.05) is 4.81 Å². The minimum Gasteiger partial charge on any atom is -0.351 e. The summed E-state index contributed by atoms with van der Waals surface area (Å²) in [6.45, 7) is 5.29. The molecule has 1 aliphatic rings. The molecule has 1 saturated heterocycles. The molecule has 0 bridgehead atoms. The van der Waals surface area contributed by atoms with Gasteiger partial charge in [0.05, 0.1) is 0 Å². The minimum atomic E-state index is 0.615. The average molecular weight is 124 g/mol. The first-order chi connectivity index (χ1) is 4.20. The lowest BCUT2D eigenvalue weighted by molar-refractivity contribution is 0.162. The number of hydrogen-bond acceptors (Lipinski definition) is 2. The van der Waals surface area contributed by atoms with Gasteiger partial charge < -0.3 is 9.71 Å². The molecule has 0 amide bonds. The van der Waals surface area contributed by atoms with Crippen molar-refractivity contribution in [3.05, 3.63) is 0 Å². The average Bonchev–Trinajstić information content (AvgIpc) is 1.80. The molecule has 1 atom stereocenters. The Balaban J connectivity index is 2.35. The summed E-state index contributed by atoms with van der Waals surface area (Å²) >= 11 is 0. The first-order valence-electron chi connectivity index (χ1n) is 3.40. The minimum absolute atomic E-state index is 0.615. The molecule has 2 nitrogen and oxygen atoms in total. The Kier molecular flexibility index (Phi) is 2.14. The molecule has 3 heteroatoms. The van der Waals surface area contributed by atoms with Crippen LogP contribution in [-0.2, 0) is 0 Å². The Hall–Kier alpha value is -0.0151. The van der Waals surface area contributed by atoms with Gasteiger partial charge >= 0.3 is 0 Å². The lowest BCUT2D eigenvalue weighted by Crippen LogP contribution is -2.48. The highest BCUT2D eigenvalue weighted by atomic mass is 15.2. The van der Waals surface area contributed by atoms with E-state index in [-0.39, 0.29) is 0 Å². The summed E-state index contributed by atoms with van der Waals surface area (Å²) in [6.07, 6.45) is 0. The van der Waals surface area contributed by atoms with Gasteiger partial charge in [0, 0.05) is 19.1 Å². The van der Waals surface area contributed by atoms with Gasteiger partial charge in [-0.25, -0.2) is 0 Å². The van der Waals surface area contributed by atoms with Crippen LogP contribution in [0.2, 0.25) is 0 Å². The summed E-state index contributed by atoms with van der Waals surface area (Å²) in [5, 5.41) is 0. The summed E-state index contributed by atoms with van der Waals surface area (Å²) < 4.78 is 0. The van der Waals surface area contributed by atoms with Crippen LogP contribution in [0.4, 0.5) is 0 Å². The largest absolute Gasteiger partial charge is 0.351 e. The van der Waals surface area contributed by atoms with Crippen molar-refractivity contribution in [2.45, 2.75) is 13.0 Å². The van der Waals surface area contributed by atoms with Crippen molar-refractivity contribution in [2.24, 2.45) is 0 Å². The van der Waals surface area contributed by atoms with Gasteiger partial charge in [-0.3, -0.25) is 0 Å². The highest BCUT2D eigenvalue weighted by Gasteiger charge is 2.16. The zero-order valence-electron chi connectivity index (χ0n) is 6.17. The molecule has 0 aromatic rings. The van der Waals surface area contributed by atoms with Crippen LogP contribution in [0.3, 0.4) is 0 Å². The van der Waals surface area contributed by atoms with Crippen molar-refractivity contribution < 1.29 is 0 Å². The first-order valence-corrected chi connectivity index (χ1v) is 3.40. The van der Waals surface area contributed by atoms with Gasteiger partial charge in [-0.05, 0) is 20.5 Å². The molecule has 0 N–H and O–H groups in total. The van der Waals surface area contributed by atoms with Crippen LogP contribution in [0.1, 0.15) is 6.92 Å². The third-order valence-corrected chi connectivity index (χ3v) is 1.99. The second-order valence-corrected chi connectivity index (χ2v) is 2.82. The third-order valence-electron chi connectivity index (χ3n) is 1.99. The second kappa shape index (κ2) is 2.71. The standard InChI is InChI=1S/C6H13BN2/c1-6-5-9(7)4-3-8(6)2/h6H,3-5H2,1-2H3/t6-/m0/s1. The van der Waals surface area contributed by atoms with Crippen LogP contribution in [-0.4, -0.2) is 50.4 Å². The van der Waals surface area contributed by atoms with E-state index in [9.17, 15) is 0 Å². The normalized spacial score (nSPS) is 32.9. The molecule has 9 heavy (non-hydrogen) atoms. The summed E-state index contributed by atoms with van der Waals surface area (Å²) in [4.78, 5) is 4.20. The zero-order valence-corrected chi connectivity index (χ0v) is 6.17. The lowest BCUT2D eigenvalue weighted by Gasteiger charge is -2.35. The number of hydrogen-bond donors (Lipinski definition) is 0. The van der Waals surface area contributed by atoms with Gasteiger partial charge in [0.1, 0.15) is 0 Å². The highest BCUT2D eigenvalue weighted by molar-refractivity contribution is 6.04. The molecule has 0 saturated carbocycles. The molecule has 0 aromatic heterocycles. The van der Waals surface area contributed by atoms with Crippen LogP contribution in [0.5, 0.6) is 0 Å². The maximum Gasteiger partial charge on any atom is 0.182 e. The van der Waals surface area contributed by atoms with E-state index in [0.29, 0.717) is 6.04 Å². The smallest absolute Gasteiger partial charge is 0.182 e. The van der Waals surface area contributed by atoms with Gasteiger partial charge in [0.25, 0.3) is 0 Å². The van der Waals surface area contributed by atoms with E-state index in [0.717, 1.165) is 19.6 Å². The van der Waals surface area contributed by atoms with E-state index in [1.54, 1.807) is 0 Å². The predicted octanol–water partition coefficient (Wildman–Crippen LogP) is -0.294. The number of rotatable bonds is 0. The Morgan fingerprint density at radius 3 is 2.56 bits per heavy atom. The summed E-state index contributed by atoms with van der Waals surface area (Å²) in [5.41, 5.74) is 0. The van der Waals surface area contributed by atoms with Crippen molar-refractivity contribution in [3.63, 3.8) is 0 Å². The zero-order chi connectivity index (χ0) is 6.85. The van der Waals surface area contributed by atoms with Crippen molar-refractivity contribution in [2.75, 3.05) is 26.7 Å². The molecule has 1 rings (SSSR count). The molecule has 0 aromatic carbocycles. The molecular formula is C6H13BN2. The SMILES string of the molecule is [B]N1CCN(C)[C@@H](C)C1. The van der Waals surface area contributed by atoms with Crippen LogP contribution in [0.15, 0.2) is 0 Å². The van der Waals surface area contributed by atoms with E-state index < -0.39 is 0 Å². The Morgan fingerprint density at radius 1 is 1.44 bits per heavy atom. The molecule has 1 fully saturated rings. The maximum absolute atomic E-state index is 5.59. The van der Waals surface area contributed by atoms with Crippen molar-refractivity contribution in [3.8, 4) is 0 Å². The molecule has 2 radical (unpaired) electrons. The van der Waals surface area contributed by atoms with E-state index in [4.69, 9.17) is 7.98 Å². The topological polar surface area (TPSA) is 6.48 Å². The van der Waals surface area contributed by atoms with Crippen LogP contribution in [0, 0.1) is 0 Å². The molecule has 0 spiro atoms. The molecule has 50 valence electrons. The van der Waals surface area contributed by atoms with Gasteiger partial charge in [-0.15, -0.1) is 0 Å². The Labute approximate surface area is 58.3 Å². The number of piperazine rings is 1. The number of likely N-dealkylation sites (N-methyl/N-ethyl adjacent to an activating group) is 1. The fourth-order valence-electron chi connectivity index (χ4n) is 1.08. The predicted molar refractivity (Wildman–Crippen MR) is 39.4 cm³/mol. The van der Waals surface area contributed by atoms with Gasteiger partial charge in [0.15, 0.2) is 7.98 Å². The summed E-state index contributed by atoms with van der Waals surface area (Å²) in [5.74, 6) is 0. The number of nitrogens with zero attached hydrogens (tertiary/aromatic N) is 2. The fraction of sp³-hybridized carbons (Fsp3) is 1.00. The molecule has 0 aliphatic carbocycles. The van der Waals surface area contributed by atoms with Gasteiger partial charge in [-0.1, -0.05) is 0 Å². The van der Waals surface area contributed by atoms with Crippen molar-refractivity contribution >= 4 is 7.98 Å². The quantitative estimate of drug-likeness (QED) is 0.409. The fourth-order valence-corrected chi connectivity index (χ4v) is 1.08. The summed E-state index contributed by atoms with van der Waals surface area (Å²) in [7, 11) is 7.73. The Bertz CT molecular complexity index is 97.1. The van der Waals surface area contributed by atoms with Crippen LogP contribution in [0.25, 0.3) is 0 Å². The van der Waals surface area contributed by atoms with E-state index >= 15 is 0 Å². The van der Waals surface area contributed by atoms with Gasteiger partial charge in [0.2, 0.25) is 0 Å². The third kappa shape index (κ3) is 1.70. The summed E-state index contributed by atoms with van der Waals surface area (Å²) in [6, 6.07) is 0.615. The van der Waals surface area contributed by atoms with Crippen molar-refractivity contribution in [1.82, 2.24) is 9.71 Å². The molecule has 1 aliphatic heterocycles. The molecular weight excluding hydrogens is 111 g/mol. The molecule has 0 unspecified atom stereocenters. The highest BCUT2D eigenvalue weighted by Crippen LogP contribution is 2.02. The van der Waals surface area contributed by atoms with Crippen LogP contribution >= 0.6 is 0 Å². The van der Waals surface area contributed by atoms with Gasteiger partial charge in [-0.2, -0.15) is 0 Å².